The van der Waals surface area contributed by atoms with Gasteiger partial charge in [0.25, 0.3) is 0 Å². The van der Waals surface area contributed by atoms with Crippen molar-refractivity contribution in [1.82, 2.24) is 9.97 Å². The summed E-state index contributed by atoms with van der Waals surface area (Å²) in [4.78, 5) is 12.5. The Kier molecular flexibility index (Phi) is 7.45. The van der Waals surface area contributed by atoms with Crippen LogP contribution in [0.5, 0.6) is 11.5 Å². The lowest BCUT2D eigenvalue weighted by molar-refractivity contribution is 0.477. The molecule has 0 radical (unpaired) electrons. The molecule has 9 rings (SSSR count). The Balaban J connectivity index is 1.21. The number of anilines is 3. The van der Waals surface area contributed by atoms with Crippen molar-refractivity contribution in [2.75, 3.05) is 4.90 Å². The molecule has 2 aromatic heterocycles. The molecular formula is C46H31N3O. The van der Waals surface area contributed by atoms with Crippen LogP contribution < -0.4 is 9.64 Å². The van der Waals surface area contributed by atoms with Crippen molar-refractivity contribution < 1.29 is 4.74 Å². The number of pyridine rings is 2. The average Bonchev–Trinajstić information content (AvgIpc) is 3.20. The van der Waals surface area contributed by atoms with Gasteiger partial charge < -0.3 is 9.64 Å². The Morgan fingerprint density at radius 2 is 0.880 bits per heavy atom. The second-order valence-electron chi connectivity index (χ2n) is 12.2. The molecule has 3 heterocycles. The zero-order valence-electron chi connectivity index (χ0n) is 27.1. The highest BCUT2D eigenvalue weighted by atomic mass is 16.5. The zero-order chi connectivity index (χ0) is 33.3. The minimum absolute atomic E-state index is 0.801. The molecular weight excluding hydrogens is 611 g/mol. The van der Waals surface area contributed by atoms with E-state index < -0.39 is 0 Å². The van der Waals surface area contributed by atoms with Gasteiger partial charge in [0.1, 0.15) is 0 Å². The Hall–Kier alpha value is -6.78. The molecule has 50 heavy (non-hydrogen) atoms. The molecule has 0 atom stereocenters. The van der Waals surface area contributed by atoms with E-state index in [0.29, 0.717) is 0 Å². The highest BCUT2D eigenvalue weighted by Gasteiger charge is 2.30. The van der Waals surface area contributed by atoms with E-state index in [2.05, 4.69) is 144 Å². The van der Waals surface area contributed by atoms with Gasteiger partial charge >= 0.3 is 0 Å². The smallest absolute Gasteiger partial charge is 0.151 e. The molecule has 1 aliphatic heterocycles. The van der Waals surface area contributed by atoms with Gasteiger partial charge in [-0.2, -0.15) is 0 Å². The van der Waals surface area contributed by atoms with Crippen molar-refractivity contribution in [3.63, 3.8) is 0 Å². The molecule has 6 aromatic carbocycles. The molecule has 0 N–H and O–H groups in total. The van der Waals surface area contributed by atoms with Crippen LogP contribution in [0.4, 0.5) is 17.1 Å². The van der Waals surface area contributed by atoms with E-state index in [4.69, 9.17) is 14.7 Å². The van der Waals surface area contributed by atoms with Crippen LogP contribution >= 0.6 is 0 Å². The van der Waals surface area contributed by atoms with Crippen LogP contribution in [-0.2, 0) is 0 Å². The van der Waals surface area contributed by atoms with Gasteiger partial charge in [0.2, 0.25) is 0 Å². The molecule has 8 aromatic rings. The summed E-state index contributed by atoms with van der Waals surface area (Å²) in [6, 6.07) is 62.8. The molecule has 0 unspecified atom stereocenters. The second kappa shape index (κ2) is 12.7. The summed E-state index contributed by atoms with van der Waals surface area (Å²) >= 11 is 0. The largest absolute Gasteiger partial charge is 0.453 e. The lowest BCUT2D eigenvalue weighted by atomic mass is 9.94. The predicted octanol–water partition coefficient (Wildman–Crippen LogP) is 12.4. The van der Waals surface area contributed by atoms with Gasteiger partial charge in [0.05, 0.1) is 34.1 Å². The zero-order valence-corrected chi connectivity index (χ0v) is 27.1. The number of aromatic nitrogens is 2. The summed E-state index contributed by atoms with van der Waals surface area (Å²) in [5.74, 6) is 1.60. The van der Waals surface area contributed by atoms with Gasteiger partial charge in [-0.05, 0) is 47.5 Å². The van der Waals surface area contributed by atoms with E-state index in [1.165, 1.54) is 0 Å². The quantitative estimate of drug-likeness (QED) is 0.181. The summed E-state index contributed by atoms with van der Waals surface area (Å²) in [6.07, 6.45) is 1.91. The third-order valence-electron chi connectivity index (χ3n) is 9.15. The monoisotopic (exact) mass is 641 g/mol. The first kappa shape index (κ1) is 29.4. The maximum Gasteiger partial charge on any atom is 0.151 e. The normalized spacial score (nSPS) is 11.7. The Morgan fingerprint density at radius 3 is 1.48 bits per heavy atom. The van der Waals surface area contributed by atoms with E-state index in [1.54, 1.807) is 0 Å². The molecule has 0 bridgehead atoms. The maximum absolute atomic E-state index is 6.40. The van der Waals surface area contributed by atoms with Gasteiger partial charge in [-0.15, -0.1) is 0 Å². The predicted molar refractivity (Wildman–Crippen MR) is 204 cm³/mol. The van der Waals surface area contributed by atoms with Crippen LogP contribution in [0.2, 0.25) is 0 Å². The third kappa shape index (κ3) is 5.29. The van der Waals surface area contributed by atoms with Gasteiger partial charge in [0, 0.05) is 34.0 Å². The summed E-state index contributed by atoms with van der Waals surface area (Å²) in [5, 5.41) is 0. The Labute approximate surface area is 291 Å². The lowest BCUT2D eigenvalue weighted by Gasteiger charge is -2.35. The van der Waals surface area contributed by atoms with Crippen molar-refractivity contribution in [2.24, 2.45) is 0 Å². The molecule has 4 nitrogen and oxygen atoms in total. The van der Waals surface area contributed by atoms with Crippen LogP contribution in [0.3, 0.4) is 0 Å². The van der Waals surface area contributed by atoms with Crippen molar-refractivity contribution >= 4 is 17.1 Å². The minimum Gasteiger partial charge on any atom is -0.453 e. The fourth-order valence-electron chi connectivity index (χ4n) is 6.77. The molecule has 236 valence electrons. The van der Waals surface area contributed by atoms with Crippen LogP contribution in [0, 0.1) is 0 Å². The fourth-order valence-corrected chi connectivity index (χ4v) is 6.77. The number of nitrogens with zero attached hydrogens (tertiary/aromatic N) is 3. The van der Waals surface area contributed by atoms with Crippen molar-refractivity contribution in [3.05, 3.63) is 188 Å². The van der Waals surface area contributed by atoms with E-state index in [-0.39, 0.29) is 0 Å². The molecule has 0 spiro atoms. The number of hydrogen-bond acceptors (Lipinski definition) is 4. The molecule has 4 heteroatoms. The molecule has 0 amide bonds. The molecule has 0 fully saturated rings. The summed E-state index contributed by atoms with van der Waals surface area (Å²) < 4.78 is 6.40. The topological polar surface area (TPSA) is 38.2 Å². The van der Waals surface area contributed by atoms with Crippen molar-refractivity contribution in [3.8, 4) is 67.5 Å². The van der Waals surface area contributed by atoms with Crippen molar-refractivity contribution in [1.29, 1.82) is 0 Å². The van der Waals surface area contributed by atoms with E-state index in [0.717, 1.165) is 84.6 Å². The maximum atomic E-state index is 6.40. The van der Waals surface area contributed by atoms with Gasteiger partial charge in [-0.25, -0.2) is 4.98 Å². The number of para-hydroxylation sites is 4. The fraction of sp³-hybridized carbons (Fsp3) is 0. The van der Waals surface area contributed by atoms with E-state index in [1.807, 2.05) is 48.7 Å². The first-order valence-corrected chi connectivity index (χ1v) is 16.7. The third-order valence-corrected chi connectivity index (χ3v) is 9.15. The van der Waals surface area contributed by atoms with Crippen LogP contribution in [0.25, 0.3) is 56.0 Å². The van der Waals surface area contributed by atoms with Crippen LogP contribution in [0.15, 0.2) is 188 Å². The number of ether oxygens (including phenoxy) is 1. The average molecular weight is 642 g/mol. The standard InChI is InChI=1S/C46H31N3O/c1-4-14-34(15-5-1)39-29-28-37(44(48-39)35-16-6-2-7-17-35)32-24-26-33(27-25-32)38-30-31-47-45(36-18-8-3-9-19-36)46(38)49-40-20-10-12-22-42(40)50-43-23-13-11-21-41(43)49/h1-31H. The lowest BCUT2D eigenvalue weighted by Crippen LogP contribution is -2.18. The summed E-state index contributed by atoms with van der Waals surface area (Å²) in [5.41, 5.74) is 13.3. The Morgan fingerprint density at radius 1 is 0.380 bits per heavy atom. The second-order valence-corrected chi connectivity index (χ2v) is 12.2. The number of hydrogen-bond donors (Lipinski definition) is 0. The number of benzene rings is 6. The van der Waals surface area contributed by atoms with Crippen LogP contribution in [0.1, 0.15) is 0 Å². The Bertz CT molecular complexity index is 2400. The minimum atomic E-state index is 0.801. The van der Waals surface area contributed by atoms with Crippen molar-refractivity contribution in [2.45, 2.75) is 0 Å². The SMILES string of the molecule is c1ccc(-c2ccc(-c3ccc(-c4ccnc(-c5ccccc5)c4N4c5ccccc5Oc5ccccc54)cc3)c(-c3ccccc3)n2)cc1. The van der Waals surface area contributed by atoms with E-state index >= 15 is 0 Å². The summed E-state index contributed by atoms with van der Waals surface area (Å²) in [6.45, 7) is 0. The molecule has 0 saturated heterocycles. The number of fused-ring (bicyclic) bond motifs is 2. The van der Waals surface area contributed by atoms with Gasteiger partial charge in [-0.1, -0.05) is 146 Å². The molecule has 1 aliphatic rings. The molecule has 0 saturated carbocycles. The first-order valence-electron chi connectivity index (χ1n) is 16.7. The molecule has 0 aliphatic carbocycles. The summed E-state index contributed by atoms with van der Waals surface area (Å²) in [7, 11) is 0. The van der Waals surface area contributed by atoms with Gasteiger partial charge in [-0.3, -0.25) is 4.98 Å². The van der Waals surface area contributed by atoms with E-state index in [9.17, 15) is 0 Å². The highest BCUT2D eigenvalue weighted by molar-refractivity contribution is 5.99. The number of rotatable bonds is 6. The first-order chi connectivity index (χ1) is 24.8. The van der Waals surface area contributed by atoms with Crippen LogP contribution in [-0.4, -0.2) is 9.97 Å². The highest BCUT2D eigenvalue weighted by Crippen LogP contribution is 2.54. The van der Waals surface area contributed by atoms with Gasteiger partial charge in [0.15, 0.2) is 11.5 Å².